The van der Waals surface area contributed by atoms with Gasteiger partial charge in [0.1, 0.15) is 11.8 Å². The molecule has 2 N–H and O–H groups in total. The summed E-state index contributed by atoms with van der Waals surface area (Å²) in [4.78, 5) is 24.7. The van der Waals surface area contributed by atoms with Crippen LogP contribution in [0.15, 0.2) is 47.4 Å². The highest BCUT2D eigenvalue weighted by molar-refractivity contribution is 7.89. The van der Waals surface area contributed by atoms with Gasteiger partial charge in [0.15, 0.2) is 6.10 Å². The van der Waals surface area contributed by atoms with Crippen LogP contribution in [0, 0.1) is 6.92 Å². The Morgan fingerprint density at radius 1 is 1.23 bits per heavy atom. The maximum Gasteiger partial charge on any atom is 0.265 e. The van der Waals surface area contributed by atoms with Crippen LogP contribution in [0.4, 0.5) is 11.4 Å². The van der Waals surface area contributed by atoms with Crippen LogP contribution in [0.2, 0.25) is 0 Å². The van der Waals surface area contributed by atoms with Crippen LogP contribution >= 0.6 is 0 Å². The molecular weight excluding hydrogens is 406 g/mol. The third-order valence-corrected chi connectivity index (χ3v) is 7.30. The van der Waals surface area contributed by atoms with Crippen LogP contribution in [0.1, 0.15) is 25.3 Å². The first-order valence-electron chi connectivity index (χ1n) is 9.77. The minimum Gasteiger partial charge on any atom is -0.479 e. The van der Waals surface area contributed by atoms with Crippen molar-refractivity contribution in [3.8, 4) is 5.75 Å². The molecule has 4 rings (SSSR count). The van der Waals surface area contributed by atoms with E-state index in [1.165, 1.54) is 22.5 Å². The molecule has 1 fully saturated rings. The lowest BCUT2D eigenvalue weighted by Crippen LogP contribution is -2.43. The van der Waals surface area contributed by atoms with Crippen molar-refractivity contribution in [3.05, 3.63) is 48.0 Å². The summed E-state index contributed by atoms with van der Waals surface area (Å²) in [5.41, 5.74) is 1.87. The Kier molecular flexibility index (Phi) is 5.25. The molecule has 0 aromatic heterocycles. The summed E-state index contributed by atoms with van der Waals surface area (Å²) < 4.78 is 33.3. The first-order valence-corrected chi connectivity index (χ1v) is 11.2. The van der Waals surface area contributed by atoms with E-state index in [1.807, 2.05) is 25.1 Å². The van der Waals surface area contributed by atoms with E-state index >= 15 is 0 Å². The number of nitrogens with one attached hydrogen (secondary N) is 2. The number of sulfonamides is 1. The average Bonchev–Trinajstić information content (AvgIpc) is 3.21. The van der Waals surface area contributed by atoms with Crippen molar-refractivity contribution in [2.75, 3.05) is 17.2 Å². The Morgan fingerprint density at radius 3 is 2.77 bits per heavy atom. The van der Waals surface area contributed by atoms with Crippen molar-refractivity contribution in [3.63, 3.8) is 0 Å². The Labute approximate surface area is 175 Å². The molecule has 2 heterocycles. The highest BCUT2D eigenvalue weighted by atomic mass is 32.2. The molecule has 8 nitrogen and oxygen atoms in total. The molecule has 9 heteroatoms. The number of hydrogen-bond acceptors (Lipinski definition) is 5. The number of carbonyl (C=O) groups is 2. The molecule has 2 aromatic rings. The molecule has 2 aromatic carbocycles. The van der Waals surface area contributed by atoms with E-state index in [9.17, 15) is 18.0 Å². The van der Waals surface area contributed by atoms with Gasteiger partial charge in [0.2, 0.25) is 15.9 Å². The maximum atomic E-state index is 13.3. The molecule has 0 spiro atoms. The van der Waals surface area contributed by atoms with Gasteiger partial charge in [0, 0.05) is 12.2 Å². The van der Waals surface area contributed by atoms with Crippen molar-refractivity contribution in [1.29, 1.82) is 0 Å². The molecule has 0 saturated carbocycles. The first-order chi connectivity index (χ1) is 14.3. The van der Waals surface area contributed by atoms with Crippen molar-refractivity contribution in [1.82, 2.24) is 4.31 Å². The number of anilines is 2. The van der Waals surface area contributed by atoms with E-state index in [2.05, 4.69) is 10.6 Å². The van der Waals surface area contributed by atoms with Gasteiger partial charge in [-0.1, -0.05) is 18.2 Å². The van der Waals surface area contributed by atoms with Crippen molar-refractivity contribution in [2.45, 2.75) is 43.7 Å². The molecule has 2 unspecified atom stereocenters. The highest BCUT2D eigenvalue weighted by Crippen LogP contribution is 2.34. The predicted molar refractivity (Wildman–Crippen MR) is 112 cm³/mol. The van der Waals surface area contributed by atoms with Gasteiger partial charge >= 0.3 is 0 Å². The molecule has 0 radical (unpaired) electrons. The minimum atomic E-state index is -3.93. The lowest BCUT2D eigenvalue weighted by molar-refractivity contribution is -0.122. The SMILES string of the molecule is Cc1ccccc1NC(=O)C1CCCN1S(=O)(=O)c1ccc2c(c1)NC(=O)C(C)O2. The zero-order valence-electron chi connectivity index (χ0n) is 16.7. The second kappa shape index (κ2) is 7.73. The predicted octanol–water partition coefficient (Wildman–Crippen LogP) is 2.51. The number of carbonyl (C=O) groups excluding carboxylic acids is 2. The standard InChI is InChI=1S/C21H23N3O5S/c1-13-6-3-4-7-16(13)22-21(26)18-8-5-11-24(18)30(27,28)15-9-10-19-17(12-15)23-20(25)14(2)29-19/h3-4,6-7,9-10,12,14,18H,5,8,11H2,1-2H3,(H,22,26)(H,23,25). The van der Waals surface area contributed by atoms with Gasteiger partial charge in [0.25, 0.3) is 5.91 Å². The minimum absolute atomic E-state index is 0.00953. The Balaban J connectivity index is 1.59. The van der Waals surface area contributed by atoms with Crippen molar-refractivity contribution in [2.24, 2.45) is 0 Å². The molecule has 2 atom stereocenters. The third-order valence-electron chi connectivity index (χ3n) is 5.40. The number of ether oxygens (including phenoxy) is 1. The van der Waals surface area contributed by atoms with Gasteiger partial charge in [-0.25, -0.2) is 8.42 Å². The van der Waals surface area contributed by atoms with Gasteiger partial charge < -0.3 is 15.4 Å². The normalized spacial score (nSPS) is 21.5. The largest absolute Gasteiger partial charge is 0.479 e. The smallest absolute Gasteiger partial charge is 0.265 e. The van der Waals surface area contributed by atoms with E-state index in [4.69, 9.17) is 4.74 Å². The monoisotopic (exact) mass is 429 g/mol. The van der Waals surface area contributed by atoms with Gasteiger partial charge in [0.05, 0.1) is 10.6 Å². The van der Waals surface area contributed by atoms with Gasteiger partial charge in [-0.05, 0) is 56.5 Å². The van der Waals surface area contributed by atoms with Gasteiger partial charge in [-0.3, -0.25) is 9.59 Å². The molecule has 158 valence electrons. The second-order valence-electron chi connectivity index (χ2n) is 7.49. The summed E-state index contributed by atoms with van der Waals surface area (Å²) in [6.07, 6.45) is 0.389. The van der Waals surface area contributed by atoms with E-state index < -0.39 is 22.2 Å². The number of amides is 2. The van der Waals surface area contributed by atoms with Crippen LogP contribution in [0.3, 0.4) is 0 Å². The third kappa shape index (κ3) is 3.66. The summed E-state index contributed by atoms with van der Waals surface area (Å²) in [7, 11) is -3.93. The molecular formula is C21H23N3O5S. The second-order valence-corrected chi connectivity index (χ2v) is 9.38. The number of hydrogen-bond donors (Lipinski definition) is 2. The number of rotatable bonds is 4. The van der Waals surface area contributed by atoms with Crippen LogP contribution in [-0.2, 0) is 19.6 Å². The van der Waals surface area contributed by atoms with E-state index in [-0.39, 0.29) is 23.3 Å². The van der Waals surface area contributed by atoms with Crippen LogP contribution in [0.5, 0.6) is 5.75 Å². The molecule has 2 aliphatic heterocycles. The molecule has 0 aliphatic carbocycles. The quantitative estimate of drug-likeness (QED) is 0.777. The van der Waals surface area contributed by atoms with E-state index in [1.54, 1.807) is 13.0 Å². The summed E-state index contributed by atoms with van der Waals surface area (Å²) in [6.45, 7) is 3.75. The average molecular weight is 429 g/mol. The Hall–Kier alpha value is -2.91. The summed E-state index contributed by atoms with van der Waals surface area (Å²) >= 11 is 0. The molecule has 2 amide bonds. The molecule has 1 saturated heterocycles. The number of nitrogens with zero attached hydrogens (tertiary/aromatic N) is 1. The fraction of sp³-hybridized carbons (Fsp3) is 0.333. The lowest BCUT2D eigenvalue weighted by Gasteiger charge is -2.26. The van der Waals surface area contributed by atoms with Crippen LogP contribution < -0.4 is 15.4 Å². The maximum absolute atomic E-state index is 13.3. The summed E-state index contributed by atoms with van der Waals surface area (Å²) in [5.74, 6) is -0.279. The molecule has 30 heavy (non-hydrogen) atoms. The van der Waals surface area contributed by atoms with Gasteiger partial charge in [-0.15, -0.1) is 0 Å². The lowest BCUT2D eigenvalue weighted by atomic mass is 10.1. The van der Waals surface area contributed by atoms with E-state index in [0.29, 0.717) is 30.0 Å². The van der Waals surface area contributed by atoms with E-state index in [0.717, 1.165) is 5.56 Å². The fourth-order valence-corrected chi connectivity index (χ4v) is 5.39. The Morgan fingerprint density at radius 2 is 2.00 bits per heavy atom. The zero-order valence-corrected chi connectivity index (χ0v) is 17.5. The van der Waals surface area contributed by atoms with Crippen LogP contribution in [0.25, 0.3) is 0 Å². The van der Waals surface area contributed by atoms with Crippen LogP contribution in [-0.4, -0.2) is 43.2 Å². The summed E-state index contributed by atoms with van der Waals surface area (Å²) in [6, 6.07) is 10.9. The fourth-order valence-electron chi connectivity index (χ4n) is 3.70. The van der Waals surface area contributed by atoms with Crippen molar-refractivity contribution < 1.29 is 22.7 Å². The topological polar surface area (TPSA) is 105 Å². The number of aryl methyl sites for hydroxylation is 1. The Bertz CT molecular complexity index is 1120. The zero-order chi connectivity index (χ0) is 21.5. The number of para-hydroxylation sites is 1. The summed E-state index contributed by atoms with van der Waals surface area (Å²) in [5, 5.41) is 5.50. The number of fused-ring (bicyclic) bond motifs is 1. The first kappa shape index (κ1) is 20.4. The highest BCUT2D eigenvalue weighted by Gasteiger charge is 2.40. The van der Waals surface area contributed by atoms with Gasteiger partial charge in [-0.2, -0.15) is 4.31 Å². The molecule has 2 aliphatic rings. The van der Waals surface area contributed by atoms with Crippen molar-refractivity contribution >= 4 is 33.2 Å². The molecule has 0 bridgehead atoms. The number of benzene rings is 2.